The monoisotopic (exact) mass is 444 g/mol. The number of benzene rings is 3. The zero-order valence-corrected chi connectivity index (χ0v) is 16.8. The van der Waals surface area contributed by atoms with Gasteiger partial charge >= 0.3 is 0 Å². The lowest BCUT2D eigenvalue weighted by molar-refractivity contribution is 0.102. The molecule has 3 aromatic rings. The molecule has 0 saturated carbocycles. The normalized spacial score (nSPS) is 11.0. The summed E-state index contributed by atoms with van der Waals surface area (Å²) in [4.78, 5) is 12.6. The van der Waals surface area contributed by atoms with Crippen molar-refractivity contribution >= 4 is 43.2 Å². The van der Waals surface area contributed by atoms with Gasteiger partial charge in [-0.05, 0) is 61.5 Å². The van der Waals surface area contributed by atoms with Crippen LogP contribution in [-0.2, 0) is 10.0 Å². The van der Waals surface area contributed by atoms with E-state index in [0.717, 1.165) is 10.0 Å². The van der Waals surface area contributed by atoms with Gasteiger partial charge in [0.05, 0.1) is 4.90 Å². The standard InChI is InChI=1S/C20H17BrN2O3S/c1-14-5-9-17(10-6-14)22-20(24)15-3-2-4-18(13-15)23-27(25,26)19-11-7-16(21)8-12-19/h2-13,23H,1H3,(H,22,24). The summed E-state index contributed by atoms with van der Waals surface area (Å²) in [7, 11) is -3.74. The number of anilines is 2. The predicted molar refractivity (Wildman–Crippen MR) is 111 cm³/mol. The molecule has 7 heteroatoms. The minimum atomic E-state index is -3.74. The quantitative estimate of drug-likeness (QED) is 0.592. The second-order valence-electron chi connectivity index (χ2n) is 5.96. The van der Waals surface area contributed by atoms with Crippen LogP contribution in [0.2, 0.25) is 0 Å². The molecule has 0 heterocycles. The van der Waals surface area contributed by atoms with Crippen molar-refractivity contribution in [1.82, 2.24) is 0 Å². The first-order valence-electron chi connectivity index (χ1n) is 8.10. The summed E-state index contributed by atoms with van der Waals surface area (Å²) in [5.41, 5.74) is 2.44. The molecule has 138 valence electrons. The number of amides is 1. The van der Waals surface area contributed by atoms with Crippen molar-refractivity contribution < 1.29 is 13.2 Å². The zero-order valence-electron chi connectivity index (χ0n) is 14.4. The van der Waals surface area contributed by atoms with Crippen LogP contribution in [0.5, 0.6) is 0 Å². The minimum Gasteiger partial charge on any atom is -0.322 e. The van der Waals surface area contributed by atoms with E-state index in [1.165, 1.54) is 18.2 Å². The third-order valence-corrected chi connectivity index (χ3v) is 5.74. The fraction of sp³-hybridized carbons (Fsp3) is 0.0500. The van der Waals surface area contributed by atoms with Gasteiger partial charge in [-0.1, -0.05) is 39.7 Å². The number of sulfonamides is 1. The van der Waals surface area contributed by atoms with E-state index in [0.29, 0.717) is 16.9 Å². The Labute approximate surface area is 166 Å². The third-order valence-electron chi connectivity index (χ3n) is 3.81. The van der Waals surface area contributed by atoms with Crippen molar-refractivity contribution in [2.75, 3.05) is 10.0 Å². The van der Waals surface area contributed by atoms with Gasteiger partial charge in [0.25, 0.3) is 15.9 Å². The number of carbonyl (C=O) groups excluding carboxylic acids is 1. The van der Waals surface area contributed by atoms with E-state index in [9.17, 15) is 13.2 Å². The lowest BCUT2D eigenvalue weighted by Gasteiger charge is -2.10. The van der Waals surface area contributed by atoms with Gasteiger partial charge in [-0.3, -0.25) is 9.52 Å². The highest BCUT2D eigenvalue weighted by molar-refractivity contribution is 9.10. The van der Waals surface area contributed by atoms with E-state index in [4.69, 9.17) is 0 Å². The summed E-state index contributed by atoms with van der Waals surface area (Å²) >= 11 is 3.28. The zero-order chi connectivity index (χ0) is 19.4. The molecule has 0 aliphatic rings. The first-order valence-corrected chi connectivity index (χ1v) is 10.4. The Morgan fingerprint density at radius 3 is 2.22 bits per heavy atom. The molecule has 5 nitrogen and oxygen atoms in total. The molecule has 0 saturated heterocycles. The summed E-state index contributed by atoms with van der Waals surface area (Å²) in [5, 5.41) is 2.79. The molecule has 27 heavy (non-hydrogen) atoms. The van der Waals surface area contributed by atoms with E-state index in [1.807, 2.05) is 31.2 Å². The first-order chi connectivity index (χ1) is 12.8. The molecule has 0 bridgehead atoms. The fourth-order valence-corrected chi connectivity index (χ4v) is 3.71. The van der Waals surface area contributed by atoms with Crippen molar-refractivity contribution in [3.8, 4) is 0 Å². The van der Waals surface area contributed by atoms with E-state index in [2.05, 4.69) is 26.0 Å². The molecule has 3 aromatic carbocycles. The van der Waals surface area contributed by atoms with E-state index in [1.54, 1.807) is 30.3 Å². The Morgan fingerprint density at radius 1 is 0.889 bits per heavy atom. The minimum absolute atomic E-state index is 0.139. The maximum Gasteiger partial charge on any atom is 0.261 e. The van der Waals surface area contributed by atoms with Gasteiger partial charge in [0.2, 0.25) is 0 Å². The average Bonchev–Trinajstić information content (AvgIpc) is 2.64. The Balaban J connectivity index is 1.77. The van der Waals surface area contributed by atoms with E-state index in [-0.39, 0.29) is 10.8 Å². The molecule has 2 N–H and O–H groups in total. The maximum atomic E-state index is 12.5. The van der Waals surface area contributed by atoms with Gasteiger partial charge in [0.15, 0.2) is 0 Å². The molecular formula is C20H17BrN2O3S. The largest absolute Gasteiger partial charge is 0.322 e. The lowest BCUT2D eigenvalue weighted by Crippen LogP contribution is -2.15. The van der Waals surface area contributed by atoms with Crippen LogP contribution >= 0.6 is 15.9 Å². The van der Waals surface area contributed by atoms with Crippen LogP contribution in [0.1, 0.15) is 15.9 Å². The Kier molecular flexibility index (Phi) is 5.62. The number of halogens is 1. The summed E-state index contributed by atoms with van der Waals surface area (Å²) in [6.07, 6.45) is 0. The average molecular weight is 445 g/mol. The van der Waals surface area contributed by atoms with Crippen molar-refractivity contribution in [3.63, 3.8) is 0 Å². The maximum absolute atomic E-state index is 12.5. The Bertz CT molecular complexity index is 1060. The molecule has 0 atom stereocenters. The van der Waals surface area contributed by atoms with Crippen LogP contribution < -0.4 is 10.0 Å². The molecule has 0 fully saturated rings. The van der Waals surface area contributed by atoms with E-state index < -0.39 is 10.0 Å². The number of carbonyl (C=O) groups is 1. The van der Waals surface area contributed by atoms with Crippen LogP contribution in [0.15, 0.2) is 82.2 Å². The van der Waals surface area contributed by atoms with Gasteiger partial charge in [0, 0.05) is 21.4 Å². The Morgan fingerprint density at radius 2 is 1.56 bits per heavy atom. The molecule has 0 aliphatic carbocycles. The highest BCUT2D eigenvalue weighted by Crippen LogP contribution is 2.20. The smallest absolute Gasteiger partial charge is 0.261 e. The predicted octanol–water partition coefficient (Wildman–Crippen LogP) is 4.81. The van der Waals surface area contributed by atoms with Gasteiger partial charge < -0.3 is 5.32 Å². The van der Waals surface area contributed by atoms with Crippen LogP contribution in [0.4, 0.5) is 11.4 Å². The second kappa shape index (κ2) is 7.94. The number of aryl methyl sites for hydroxylation is 1. The SMILES string of the molecule is Cc1ccc(NC(=O)c2cccc(NS(=O)(=O)c3ccc(Br)cc3)c2)cc1. The summed E-state index contributed by atoms with van der Waals surface area (Å²) in [6, 6.07) is 20.1. The highest BCUT2D eigenvalue weighted by Gasteiger charge is 2.15. The summed E-state index contributed by atoms with van der Waals surface area (Å²) in [6.45, 7) is 1.96. The van der Waals surface area contributed by atoms with Crippen molar-refractivity contribution in [2.45, 2.75) is 11.8 Å². The van der Waals surface area contributed by atoms with Gasteiger partial charge in [-0.15, -0.1) is 0 Å². The molecule has 0 aromatic heterocycles. The molecule has 0 radical (unpaired) electrons. The van der Waals surface area contributed by atoms with Crippen LogP contribution in [-0.4, -0.2) is 14.3 Å². The van der Waals surface area contributed by atoms with Gasteiger partial charge in [-0.2, -0.15) is 0 Å². The van der Waals surface area contributed by atoms with E-state index >= 15 is 0 Å². The fourth-order valence-electron chi connectivity index (χ4n) is 2.39. The topological polar surface area (TPSA) is 75.3 Å². The number of hydrogen-bond acceptors (Lipinski definition) is 3. The van der Waals surface area contributed by atoms with Gasteiger partial charge in [0.1, 0.15) is 0 Å². The first kappa shape index (κ1) is 19.1. The number of nitrogens with one attached hydrogen (secondary N) is 2. The molecule has 3 rings (SSSR count). The third kappa shape index (κ3) is 4.96. The molecular weight excluding hydrogens is 428 g/mol. The second-order valence-corrected chi connectivity index (χ2v) is 8.56. The Hall–Kier alpha value is -2.64. The number of rotatable bonds is 5. The van der Waals surface area contributed by atoms with Gasteiger partial charge in [-0.25, -0.2) is 8.42 Å². The summed E-state index contributed by atoms with van der Waals surface area (Å²) in [5.74, 6) is -0.316. The van der Waals surface area contributed by atoms with Crippen LogP contribution in [0.3, 0.4) is 0 Å². The van der Waals surface area contributed by atoms with Crippen molar-refractivity contribution in [3.05, 3.63) is 88.4 Å². The lowest BCUT2D eigenvalue weighted by atomic mass is 10.2. The summed E-state index contributed by atoms with van der Waals surface area (Å²) < 4.78 is 28.3. The highest BCUT2D eigenvalue weighted by atomic mass is 79.9. The number of hydrogen-bond donors (Lipinski definition) is 2. The van der Waals surface area contributed by atoms with Crippen molar-refractivity contribution in [1.29, 1.82) is 0 Å². The molecule has 0 unspecified atom stereocenters. The molecule has 0 spiro atoms. The molecule has 0 aliphatic heterocycles. The van der Waals surface area contributed by atoms with Crippen LogP contribution in [0, 0.1) is 6.92 Å². The van der Waals surface area contributed by atoms with Crippen molar-refractivity contribution in [2.24, 2.45) is 0 Å². The van der Waals surface area contributed by atoms with Crippen LogP contribution in [0.25, 0.3) is 0 Å². The molecule has 1 amide bonds.